The highest BCUT2D eigenvalue weighted by Gasteiger charge is 2.49. The van der Waals surface area contributed by atoms with Crippen LogP contribution in [0.25, 0.3) is 0 Å². The summed E-state index contributed by atoms with van der Waals surface area (Å²) in [6, 6.07) is 9.56. The molecule has 1 aromatic carbocycles. The molecule has 108 valence electrons. The Hall–Kier alpha value is -1.35. The molecule has 2 saturated heterocycles. The second-order valence-corrected chi connectivity index (χ2v) is 6.27. The van der Waals surface area contributed by atoms with Gasteiger partial charge in [0, 0.05) is 18.0 Å². The fourth-order valence-electron chi connectivity index (χ4n) is 4.17. The van der Waals surface area contributed by atoms with Crippen molar-refractivity contribution in [1.82, 2.24) is 4.90 Å². The summed E-state index contributed by atoms with van der Waals surface area (Å²) in [6.45, 7) is 2.11. The molecular formula is C17H23NO2. The number of carbonyl (C=O) groups is 1. The lowest BCUT2D eigenvalue weighted by atomic mass is 9.76. The lowest BCUT2D eigenvalue weighted by Gasteiger charge is -2.41. The average Bonchev–Trinajstić information content (AvgIpc) is 2.69. The molecule has 3 nitrogen and oxygen atoms in total. The number of piperidine rings is 1. The molecule has 2 aliphatic heterocycles. The Kier molecular flexibility index (Phi) is 3.55. The fraction of sp³-hybridized carbons (Fsp3) is 0.588. The summed E-state index contributed by atoms with van der Waals surface area (Å²) in [5.41, 5.74) is 2.56. The number of aryl methyl sites for hydroxylation is 1. The first kappa shape index (κ1) is 13.6. The van der Waals surface area contributed by atoms with E-state index in [2.05, 4.69) is 43.1 Å². The number of fused-ring (bicyclic) bond motifs is 2. The minimum atomic E-state index is -0.0475. The van der Waals surface area contributed by atoms with Gasteiger partial charge in [-0.05, 0) is 38.8 Å². The summed E-state index contributed by atoms with van der Waals surface area (Å²) in [5, 5.41) is 0. The first-order valence-corrected chi connectivity index (χ1v) is 7.48. The largest absolute Gasteiger partial charge is 0.469 e. The zero-order valence-corrected chi connectivity index (χ0v) is 12.5. The second-order valence-electron chi connectivity index (χ2n) is 6.27. The van der Waals surface area contributed by atoms with Gasteiger partial charge in [0.1, 0.15) is 0 Å². The maximum atomic E-state index is 12.3. The van der Waals surface area contributed by atoms with Crippen molar-refractivity contribution in [3.63, 3.8) is 0 Å². The van der Waals surface area contributed by atoms with Crippen LogP contribution in [0, 0.1) is 12.8 Å². The second kappa shape index (κ2) is 5.21. The average molecular weight is 273 g/mol. The molecule has 2 fully saturated rings. The van der Waals surface area contributed by atoms with Gasteiger partial charge in [-0.25, -0.2) is 0 Å². The van der Waals surface area contributed by atoms with E-state index in [0.29, 0.717) is 18.0 Å². The van der Waals surface area contributed by atoms with Crippen LogP contribution in [0.4, 0.5) is 0 Å². The first-order chi connectivity index (χ1) is 9.61. The van der Waals surface area contributed by atoms with Crippen LogP contribution < -0.4 is 0 Å². The van der Waals surface area contributed by atoms with E-state index in [1.807, 2.05) is 0 Å². The maximum Gasteiger partial charge on any atom is 0.310 e. The minimum Gasteiger partial charge on any atom is -0.469 e. The van der Waals surface area contributed by atoms with Gasteiger partial charge in [-0.15, -0.1) is 0 Å². The minimum absolute atomic E-state index is 0.0226. The molecule has 3 rings (SSSR count). The van der Waals surface area contributed by atoms with Gasteiger partial charge in [-0.2, -0.15) is 0 Å². The van der Waals surface area contributed by atoms with Crippen molar-refractivity contribution in [3.8, 4) is 0 Å². The summed E-state index contributed by atoms with van der Waals surface area (Å²) >= 11 is 0. The van der Waals surface area contributed by atoms with Gasteiger partial charge >= 0.3 is 5.97 Å². The lowest BCUT2D eigenvalue weighted by molar-refractivity contribution is -0.150. The van der Waals surface area contributed by atoms with Gasteiger partial charge in [0.25, 0.3) is 0 Å². The van der Waals surface area contributed by atoms with Crippen LogP contribution >= 0.6 is 0 Å². The molecule has 0 radical (unpaired) electrons. The number of ether oxygens (including phenoxy) is 1. The molecule has 2 aliphatic rings. The standard InChI is InChI=1S/C17H23NO2/c1-11-5-4-6-12(9-11)14-10-13-7-8-15(18(13)2)16(14)17(19)20-3/h4-6,9,13-16H,7-8,10H2,1-3H3/t13-,14+,15+,16-/m0/s1. The Morgan fingerprint density at radius 3 is 2.85 bits per heavy atom. The lowest BCUT2D eigenvalue weighted by Crippen LogP contribution is -2.49. The SMILES string of the molecule is COC(=O)[C@H]1[C@@H](c2cccc(C)c2)C[C@@H]2CC[C@H]1N2C. The molecule has 0 aromatic heterocycles. The van der Waals surface area contributed by atoms with Crippen LogP contribution in [0.2, 0.25) is 0 Å². The van der Waals surface area contributed by atoms with Gasteiger partial charge in [0.2, 0.25) is 0 Å². The number of carbonyl (C=O) groups excluding carboxylic acids is 1. The van der Waals surface area contributed by atoms with Crippen molar-refractivity contribution >= 4 is 5.97 Å². The number of benzene rings is 1. The molecule has 2 bridgehead atoms. The molecule has 2 heterocycles. The van der Waals surface area contributed by atoms with Crippen LogP contribution in [-0.2, 0) is 9.53 Å². The summed E-state index contributed by atoms with van der Waals surface area (Å²) in [6.07, 6.45) is 3.39. The Labute approximate surface area is 120 Å². The number of methoxy groups -OCH3 is 1. The Morgan fingerprint density at radius 1 is 1.35 bits per heavy atom. The van der Waals surface area contributed by atoms with Gasteiger partial charge in [-0.1, -0.05) is 29.8 Å². The van der Waals surface area contributed by atoms with Gasteiger partial charge < -0.3 is 4.74 Å². The van der Waals surface area contributed by atoms with E-state index in [9.17, 15) is 4.79 Å². The van der Waals surface area contributed by atoms with E-state index in [4.69, 9.17) is 4.74 Å². The highest BCUT2D eigenvalue weighted by molar-refractivity contribution is 5.75. The zero-order valence-electron chi connectivity index (χ0n) is 12.5. The van der Waals surface area contributed by atoms with Crippen LogP contribution in [0.15, 0.2) is 24.3 Å². The van der Waals surface area contributed by atoms with Crippen molar-refractivity contribution in [2.24, 2.45) is 5.92 Å². The van der Waals surface area contributed by atoms with Crippen molar-refractivity contribution in [1.29, 1.82) is 0 Å². The molecule has 1 aromatic rings. The summed E-state index contributed by atoms with van der Waals surface area (Å²) in [7, 11) is 3.67. The Bertz CT molecular complexity index is 513. The smallest absolute Gasteiger partial charge is 0.310 e. The fourth-order valence-corrected chi connectivity index (χ4v) is 4.17. The molecular weight excluding hydrogens is 250 g/mol. The third-order valence-corrected chi connectivity index (χ3v) is 5.21. The topological polar surface area (TPSA) is 29.5 Å². The van der Waals surface area contributed by atoms with Gasteiger partial charge in [-0.3, -0.25) is 9.69 Å². The summed E-state index contributed by atoms with van der Waals surface area (Å²) in [5.74, 6) is 0.232. The van der Waals surface area contributed by atoms with Crippen LogP contribution in [0.1, 0.15) is 36.3 Å². The third-order valence-electron chi connectivity index (χ3n) is 5.21. The molecule has 3 heteroatoms. The van der Waals surface area contributed by atoms with Crippen molar-refractivity contribution in [2.75, 3.05) is 14.2 Å². The molecule has 0 N–H and O–H groups in total. The van der Waals surface area contributed by atoms with E-state index >= 15 is 0 Å². The molecule has 20 heavy (non-hydrogen) atoms. The number of rotatable bonds is 2. The molecule has 0 aliphatic carbocycles. The molecule has 0 unspecified atom stereocenters. The Morgan fingerprint density at radius 2 is 2.15 bits per heavy atom. The van der Waals surface area contributed by atoms with Crippen LogP contribution in [0.5, 0.6) is 0 Å². The van der Waals surface area contributed by atoms with E-state index in [0.717, 1.165) is 12.8 Å². The number of nitrogens with zero attached hydrogens (tertiary/aromatic N) is 1. The zero-order chi connectivity index (χ0) is 14.3. The normalized spacial score (nSPS) is 33.1. The van der Waals surface area contributed by atoms with E-state index in [-0.39, 0.29) is 11.9 Å². The summed E-state index contributed by atoms with van der Waals surface area (Å²) in [4.78, 5) is 14.7. The highest BCUT2D eigenvalue weighted by Crippen LogP contribution is 2.46. The van der Waals surface area contributed by atoms with E-state index < -0.39 is 0 Å². The maximum absolute atomic E-state index is 12.3. The monoisotopic (exact) mass is 273 g/mol. The summed E-state index contributed by atoms with van der Waals surface area (Å²) < 4.78 is 5.10. The van der Waals surface area contributed by atoms with Crippen molar-refractivity contribution in [2.45, 2.75) is 44.2 Å². The molecule has 4 atom stereocenters. The highest BCUT2D eigenvalue weighted by atomic mass is 16.5. The Balaban J connectivity index is 1.97. The molecule has 0 spiro atoms. The van der Waals surface area contributed by atoms with Gasteiger partial charge in [0.05, 0.1) is 13.0 Å². The van der Waals surface area contributed by atoms with Crippen molar-refractivity contribution in [3.05, 3.63) is 35.4 Å². The van der Waals surface area contributed by atoms with E-state index in [1.54, 1.807) is 0 Å². The number of hydrogen-bond donors (Lipinski definition) is 0. The molecule has 0 saturated carbocycles. The first-order valence-electron chi connectivity index (χ1n) is 7.48. The number of esters is 1. The van der Waals surface area contributed by atoms with Crippen LogP contribution in [0.3, 0.4) is 0 Å². The van der Waals surface area contributed by atoms with Crippen molar-refractivity contribution < 1.29 is 9.53 Å². The predicted molar refractivity (Wildman–Crippen MR) is 78.6 cm³/mol. The quantitative estimate of drug-likeness (QED) is 0.776. The van der Waals surface area contributed by atoms with Gasteiger partial charge in [0.15, 0.2) is 0 Å². The van der Waals surface area contributed by atoms with Crippen LogP contribution in [-0.4, -0.2) is 37.1 Å². The number of hydrogen-bond acceptors (Lipinski definition) is 3. The molecule has 0 amide bonds. The predicted octanol–water partition coefficient (Wildman–Crippen LogP) is 2.73. The van der Waals surface area contributed by atoms with E-state index in [1.165, 1.54) is 24.7 Å². The third kappa shape index (κ3) is 2.14.